The number of nitrogens with zero attached hydrogens (tertiary/aromatic N) is 4. The molecule has 9 nitrogen and oxygen atoms in total. The quantitative estimate of drug-likeness (QED) is 0.877. The highest BCUT2D eigenvalue weighted by atomic mass is 16.5. The molecule has 0 aliphatic carbocycles. The van der Waals surface area contributed by atoms with Gasteiger partial charge in [-0.15, -0.1) is 0 Å². The van der Waals surface area contributed by atoms with Gasteiger partial charge in [-0.2, -0.15) is 4.98 Å². The minimum atomic E-state index is -1.14. The molecule has 1 N–H and O–H groups in total. The van der Waals surface area contributed by atoms with Crippen LogP contribution in [-0.2, 0) is 4.74 Å². The van der Waals surface area contributed by atoms with Gasteiger partial charge < -0.3 is 19.3 Å². The number of ether oxygens (including phenoxy) is 1. The van der Waals surface area contributed by atoms with Gasteiger partial charge in [-0.1, -0.05) is 5.16 Å². The van der Waals surface area contributed by atoms with Gasteiger partial charge in [0.15, 0.2) is 5.82 Å². The molecule has 0 radical (unpaired) electrons. The summed E-state index contributed by atoms with van der Waals surface area (Å²) in [4.78, 5) is 33.0. The second-order valence-electron chi connectivity index (χ2n) is 5.01. The number of hydrogen-bond acceptors (Lipinski definition) is 7. The SMILES string of the molecule is Cc1noc(C2COCCN2C(=O)c2ccc(C(=O)O)nc2)n1. The lowest BCUT2D eigenvalue weighted by atomic mass is 10.1. The maximum atomic E-state index is 12.7. The van der Waals surface area contributed by atoms with E-state index in [1.165, 1.54) is 18.3 Å². The zero-order chi connectivity index (χ0) is 16.4. The smallest absolute Gasteiger partial charge is 0.354 e. The largest absolute Gasteiger partial charge is 0.477 e. The number of amides is 1. The second-order valence-corrected chi connectivity index (χ2v) is 5.01. The summed E-state index contributed by atoms with van der Waals surface area (Å²) in [6, 6.07) is 2.25. The molecule has 1 fully saturated rings. The van der Waals surface area contributed by atoms with Crippen LogP contribution in [-0.4, -0.2) is 56.8 Å². The molecule has 0 bridgehead atoms. The Hall–Kier alpha value is -2.81. The number of carbonyl (C=O) groups is 2. The van der Waals surface area contributed by atoms with Gasteiger partial charge in [0, 0.05) is 12.7 Å². The van der Waals surface area contributed by atoms with E-state index in [0.717, 1.165) is 0 Å². The van der Waals surface area contributed by atoms with E-state index in [0.29, 0.717) is 24.9 Å². The summed E-state index contributed by atoms with van der Waals surface area (Å²) in [6.07, 6.45) is 1.25. The van der Waals surface area contributed by atoms with Crippen molar-refractivity contribution in [1.82, 2.24) is 20.0 Å². The fourth-order valence-corrected chi connectivity index (χ4v) is 2.31. The highest BCUT2D eigenvalue weighted by Gasteiger charge is 2.33. The molecule has 3 rings (SSSR count). The average Bonchev–Trinajstić information content (AvgIpc) is 3.00. The Bertz CT molecular complexity index is 727. The van der Waals surface area contributed by atoms with E-state index >= 15 is 0 Å². The van der Waals surface area contributed by atoms with Crippen molar-refractivity contribution in [1.29, 1.82) is 0 Å². The Labute approximate surface area is 130 Å². The molecule has 2 aromatic heterocycles. The molecule has 1 atom stereocenters. The topological polar surface area (TPSA) is 119 Å². The zero-order valence-electron chi connectivity index (χ0n) is 12.3. The molecule has 0 aromatic carbocycles. The van der Waals surface area contributed by atoms with E-state index in [9.17, 15) is 9.59 Å². The Morgan fingerprint density at radius 2 is 2.22 bits per heavy atom. The molecular weight excluding hydrogens is 304 g/mol. The maximum Gasteiger partial charge on any atom is 0.354 e. The highest BCUT2D eigenvalue weighted by molar-refractivity contribution is 5.95. The van der Waals surface area contributed by atoms with Crippen molar-refractivity contribution in [2.24, 2.45) is 0 Å². The lowest BCUT2D eigenvalue weighted by Gasteiger charge is -2.33. The predicted molar refractivity (Wildman–Crippen MR) is 74.8 cm³/mol. The van der Waals surface area contributed by atoms with Crippen molar-refractivity contribution in [3.05, 3.63) is 41.3 Å². The lowest BCUT2D eigenvalue weighted by Crippen LogP contribution is -2.43. The van der Waals surface area contributed by atoms with Crippen LogP contribution in [0.4, 0.5) is 0 Å². The van der Waals surface area contributed by atoms with Crippen LogP contribution in [0.2, 0.25) is 0 Å². The summed E-state index contributed by atoms with van der Waals surface area (Å²) >= 11 is 0. The Balaban J connectivity index is 1.85. The van der Waals surface area contributed by atoms with Gasteiger partial charge in [0.2, 0.25) is 0 Å². The van der Waals surface area contributed by atoms with E-state index in [-0.39, 0.29) is 23.8 Å². The monoisotopic (exact) mass is 318 g/mol. The van der Waals surface area contributed by atoms with Crippen molar-refractivity contribution >= 4 is 11.9 Å². The number of aromatic carboxylic acids is 1. The van der Waals surface area contributed by atoms with E-state index in [2.05, 4.69) is 15.1 Å². The summed E-state index contributed by atoms with van der Waals surface area (Å²) in [5, 5.41) is 12.6. The molecule has 0 saturated carbocycles. The molecule has 1 saturated heterocycles. The number of carboxylic acid groups (broad SMARTS) is 1. The fraction of sp³-hybridized carbons (Fsp3) is 0.357. The number of aryl methyl sites for hydroxylation is 1. The lowest BCUT2D eigenvalue weighted by molar-refractivity contribution is -0.0119. The summed E-state index contributed by atoms with van der Waals surface area (Å²) in [7, 11) is 0. The van der Waals surface area contributed by atoms with Gasteiger partial charge in [-0.3, -0.25) is 4.79 Å². The van der Waals surface area contributed by atoms with Gasteiger partial charge in [-0.05, 0) is 19.1 Å². The van der Waals surface area contributed by atoms with Crippen LogP contribution in [0.1, 0.15) is 38.6 Å². The fourth-order valence-electron chi connectivity index (χ4n) is 2.31. The van der Waals surface area contributed by atoms with Gasteiger partial charge in [0.25, 0.3) is 11.8 Å². The van der Waals surface area contributed by atoms with Crippen molar-refractivity contribution in [2.45, 2.75) is 13.0 Å². The first kappa shape index (κ1) is 15.1. The van der Waals surface area contributed by atoms with Gasteiger partial charge >= 0.3 is 5.97 Å². The number of rotatable bonds is 3. The molecule has 9 heteroatoms. The highest BCUT2D eigenvalue weighted by Crippen LogP contribution is 2.24. The molecule has 1 aliphatic heterocycles. The minimum absolute atomic E-state index is 0.118. The standard InChI is InChI=1S/C14H14N4O5/c1-8-16-12(23-17-8)11-7-22-5-4-18(11)13(19)9-2-3-10(14(20)21)15-6-9/h2-3,6,11H,4-5,7H2,1H3,(H,20,21). The average molecular weight is 318 g/mol. The van der Waals surface area contributed by atoms with Crippen LogP contribution < -0.4 is 0 Å². The van der Waals surface area contributed by atoms with E-state index in [1.807, 2.05) is 0 Å². The summed E-state index contributed by atoms with van der Waals surface area (Å²) in [5.41, 5.74) is 0.172. The molecule has 2 aromatic rings. The molecule has 1 aliphatic rings. The molecule has 0 spiro atoms. The van der Waals surface area contributed by atoms with Crippen molar-refractivity contribution in [2.75, 3.05) is 19.8 Å². The van der Waals surface area contributed by atoms with E-state index < -0.39 is 12.0 Å². The van der Waals surface area contributed by atoms with Crippen molar-refractivity contribution in [3.8, 4) is 0 Å². The Morgan fingerprint density at radius 1 is 1.39 bits per heavy atom. The molecule has 1 unspecified atom stereocenters. The molecule has 120 valence electrons. The second kappa shape index (κ2) is 6.13. The minimum Gasteiger partial charge on any atom is -0.477 e. The summed E-state index contributed by atoms with van der Waals surface area (Å²) < 4.78 is 10.5. The van der Waals surface area contributed by atoms with Crippen molar-refractivity contribution < 1.29 is 24.0 Å². The van der Waals surface area contributed by atoms with Crippen LogP contribution in [0.5, 0.6) is 0 Å². The normalized spacial score (nSPS) is 18.0. The molecule has 1 amide bonds. The van der Waals surface area contributed by atoms with Crippen LogP contribution in [0.15, 0.2) is 22.9 Å². The molecular formula is C14H14N4O5. The first-order valence-electron chi connectivity index (χ1n) is 6.94. The van der Waals surface area contributed by atoms with Crippen LogP contribution >= 0.6 is 0 Å². The third kappa shape index (κ3) is 3.04. The number of carbonyl (C=O) groups excluding carboxylic acids is 1. The van der Waals surface area contributed by atoms with Crippen LogP contribution in [0, 0.1) is 6.92 Å². The van der Waals surface area contributed by atoms with Gasteiger partial charge in [0.1, 0.15) is 11.7 Å². The maximum absolute atomic E-state index is 12.7. The summed E-state index contributed by atoms with van der Waals surface area (Å²) in [6.45, 7) is 2.72. The molecule has 23 heavy (non-hydrogen) atoms. The zero-order valence-corrected chi connectivity index (χ0v) is 12.3. The third-order valence-electron chi connectivity index (χ3n) is 3.45. The van der Waals surface area contributed by atoms with E-state index in [4.69, 9.17) is 14.4 Å². The van der Waals surface area contributed by atoms with Gasteiger partial charge in [-0.25, -0.2) is 9.78 Å². The van der Waals surface area contributed by atoms with Crippen LogP contribution in [0.25, 0.3) is 0 Å². The Morgan fingerprint density at radius 3 is 2.83 bits per heavy atom. The molecule has 3 heterocycles. The van der Waals surface area contributed by atoms with Crippen LogP contribution in [0.3, 0.4) is 0 Å². The Kier molecular flexibility index (Phi) is 4.02. The van der Waals surface area contributed by atoms with E-state index in [1.54, 1.807) is 11.8 Å². The first-order chi connectivity index (χ1) is 11.1. The number of pyridine rings is 1. The third-order valence-corrected chi connectivity index (χ3v) is 3.45. The predicted octanol–water partition coefficient (Wildman–Crippen LogP) is 0.685. The van der Waals surface area contributed by atoms with Crippen molar-refractivity contribution in [3.63, 3.8) is 0 Å². The number of hydrogen-bond donors (Lipinski definition) is 1. The number of aromatic nitrogens is 3. The summed E-state index contributed by atoms with van der Waals surface area (Å²) in [5.74, 6) is -0.649. The number of carboxylic acids is 1. The van der Waals surface area contributed by atoms with Gasteiger partial charge in [0.05, 0.1) is 18.8 Å². The number of morpholine rings is 1. The first-order valence-corrected chi connectivity index (χ1v) is 6.94.